The molecule has 1 aromatic rings. The van der Waals surface area contributed by atoms with Crippen LogP contribution in [0.3, 0.4) is 0 Å². The van der Waals surface area contributed by atoms with E-state index in [1.54, 1.807) is 17.8 Å². The van der Waals surface area contributed by atoms with Crippen molar-refractivity contribution in [1.82, 2.24) is 0 Å². The maximum absolute atomic E-state index is 13.6. The standard InChI is InChI=1S/C11H17FN2OS/c1-7(6-16-3)14-10-5-11(15-2)9(13)4-8(10)12/h4-5,7,14H,6,13H2,1-3H3. The highest BCUT2D eigenvalue weighted by atomic mass is 32.2. The van der Waals surface area contributed by atoms with E-state index >= 15 is 0 Å². The van der Waals surface area contributed by atoms with E-state index in [9.17, 15) is 4.39 Å². The van der Waals surface area contributed by atoms with Gasteiger partial charge in [-0.2, -0.15) is 11.8 Å². The van der Waals surface area contributed by atoms with Crippen molar-refractivity contribution in [3.63, 3.8) is 0 Å². The van der Waals surface area contributed by atoms with Crippen LogP contribution in [0, 0.1) is 5.82 Å². The van der Waals surface area contributed by atoms with Gasteiger partial charge >= 0.3 is 0 Å². The third-order valence-electron chi connectivity index (χ3n) is 2.14. The van der Waals surface area contributed by atoms with Gasteiger partial charge in [-0.05, 0) is 13.2 Å². The highest BCUT2D eigenvalue weighted by Crippen LogP contribution is 2.28. The summed E-state index contributed by atoms with van der Waals surface area (Å²) in [6.07, 6.45) is 2.01. The second-order valence-electron chi connectivity index (χ2n) is 3.57. The van der Waals surface area contributed by atoms with Gasteiger partial charge in [-0.15, -0.1) is 0 Å². The summed E-state index contributed by atoms with van der Waals surface area (Å²) in [5, 5.41) is 3.08. The summed E-state index contributed by atoms with van der Waals surface area (Å²) >= 11 is 1.71. The average molecular weight is 244 g/mol. The van der Waals surface area contributed by atoms with E-state index in [1.165, 1.54) is 13.2 Å². The van der Waals surface area contributed by atoms with Gasteiger partial charge in [0.15, 0.2) is 0 Å². The number of nitrogen functional groups attached to an aromatic ring is 1. The van der Waals surface area contributed by atoms with Gasteiger partial charge in [-0.3, -0.25) is 0 Å². The molecule has 0 saturated carbocycles. The van der Waals surface area contributed by atoms with Crippen molar-refractivity contribution in [2.75, 3.05) is 30.2 Å². The van der Waals surface area contributed by atoms with Crippen LogP contribution in [0.15, 0.2) is 12.1 Å². The lowest BCUT2D eigenvalue weighted by Crippen LogP contribution is -2.18. The highest BCUT2D eigenvalue weighted by molar-refractivity contribution is 7.98. The number of hydrogen-bond acceptors (Lipinski definition) is 4. The Morgan fingerprint density at radius 3 is 2.81 bits per heavy atom. The molecule has 0 aliphatic heterocycles. The number of methoxy groups -OCH3 is 1. The van der Waals surface area contributed by atoms with Gasteiger partial charge in [0, 0.05) is 23.9 Å². The lowest BCUT2D eigenvalue weighted by Gasteiger charge is -2.16. The van der Waals surface area contributed by atoms with Crippen LogP contribution in [0.1, 0.15) is 6.92 Å². The minimum Gasteiger partial charge on any atom is -0.495 e. The van der Waals surface area contributed by atoms with Crippen molar-refractivity contribution in [3.05, 3.63) is 17.9 Å². The number of hydrogen-bond donors (Lipinski definition) is 2. The molecule has 0 aliphatic rings. The largest absolute Gasteiger partial charge is 0.495 e. The predicted molar refractivity (Wildman–Crippen MR) is 68.8 cm³/mol. The Balaban J connectivity index is 2.87. The van der Waals surface area contributed by atoms with Crippen LogP contribution in [0.4, 0.5) is 15.8 Å². The maximum Gasteiger partial charge on any atom is 0.148 e. The monoisotopic (exact) mass is 244 g/mol. The molecule has 5 heteroatoms. The van der Waals surface area contributed by atoms with Crippen molar-refractivity contribution in [2.24, 2.45) is 0 Å². The Labute approximate surface area is 99.5 Å². The molecule has 0 fully saturated rings. The van der Waals surface area contributed by atoms with Gasteiger partial charge in [-0.1, -0.05) is 0 Å². The fourth-order valence-electron chi connectivity index (χ4n) is 1.41. The first-order chi connectivity index (χ1) is 7.58. The van der Waals surface area contributed by atoms with Crippen LogP contribution in [0.25, 0.3) is 0 Å². The number of halogens is 1. The number of benzene rings is 1. The number of rotatable bonds is 5. The van der Waals surface area contributed by atoms with Crippen LogP contribution in [-0.4, -0.2) is 25.2 Å². The number of anilines is 2. The molecule has 3 N–H and O–H groups in total. The van der Waals surface area contributed by atoms with Gasteiger partial charge < -0.3 is 15.8 Å². The molecular weight excluding hydrogens is 227 g/mol. The summed E-state index contributed by atoms with van der Waals surface area (Å²) in [5.74, 6) is 1.04. The van der Waals surface area contributed by atoms with Gasteiger partial charge in [-0.25, -0.2) is 4.39 Å². The molecule has 0 aromatic heterocycles. The third kappa shape index (κ3) is 3.20. The molecule has 1 rings (SSSR count). The third-order valence-corrected chi connectivity index (χ3v) is 2.97. The fourth-order valence-corrected chi connectivity index (χ4v) is 2.00. The number of thioether (sulfide) groups is 1. The average Bonchev–Trinajstić information content (AvgIpc) is 2.22. The first kappa shape index (κ1) is 13.0. The summed E-state index contributed by atoms with van der Waals surface area (Å²) in [6, 6.07) is 3.05. The first-order valence-electron chi connectivity index (χ1n) is 4.97. The first-order valence-corrected chi connectivity index (χ1v) is 6.36. The summed E-state index contributed by atoms with van der Waals surface area (Å²) in [5.41, 5.74) is 6.33. The summed E-state index contributed by atoms with van der Waals surface area (Å²) in [6.45, 7) is 2.00. The van der Waals surface area contributed by atoms with Crippen LogP contribution >= 0.6 is 11.8 Å². The zero-order chi connectivity index (χ0) is 12.1. The number of nitrogens with one attached hydrogen (secondary N) is 1. The molecule has 3 nitrogen and oxygen atoms in total. The lowest BCUT2D eigenvalue weighted by molar-refractivity contribution is 0.416. The fraction of sp³-hybridized carbons (Fsp3) is 0.455. The Morgan fingerprint density at radius 1 is 1.56 bits per heavy atom. The van der Waals surface area contributed by atoms with Gasteiger partial charge in [0.05, 0.1) is 18.5 Å². The summed E-state index contributed by atoms with van der Waals surface area (Å²) in [4.78, 5) is 0. The molecular formula is C11H17FN2OS. The molecule has 16 heavy (non-hydrogen) atoms. The van der Waals surface area contributed by atoms with Gasteiger partial charge in [0.2, 0.25) is 0 Å². The van der Waals surface area contributed by atoms with E-state index in [0.29, 0.717) is 17.1 Å². The molecule has 0 amide bonds. The topological polar surface area (TPSA) is 47.3 Å². The SMILES string of the molecule is COc1cc(NC(C)CSC)c(F)cc1N. The number of ether oxygens (including phenoxy) is 1. The Bertz CT molecular complexity index is 360. The molecule has 1 aromatic carbocycles. The lowest BCUT2D eigenvalue weighted by atomic mass is 10.2. The minimum absolute atomic E-state index is 0.192. The highest BCUT2D eigenvalue weighted by Gasteiger charge is 2.10. The molecule has 1 unspecified atom stereocenters. The van der Waals surface area contributed by atoms with E-state index in [0.717, 1.165) is 5.75 Å². The molecule has 0 saturated heterocycles. The van der Waals surface area contributed by atoms with Gasteiger partial charge in [0.1, 0.15) is 11.6 Å². The minimum atomic E-state index is -0.355. The van der Waals surface area contributed by atoms with E-state index in [2.05, 4.69) is 5.32 Å². The van der Waals surface area contributed by atoms with Crippen LogP contribution in [-0.2, 0) is 0 Å². The van der Waals surface area contributed by atoms with Crippen LogP contribution in [0.2, 0.25) is 0 Å². The smallest absolute Gasteiger partial charge is 0.148 e. The van der Waals surface area contributed by atoms with Crippen LogP contribution < -0.4 is 15.8 Å². The van der Waals surface area contributed by atoms with E-state index in [-0.39, 0.29) is 11.9 Å². The van der Waals surface area contributed by atoms with Crippen molar-refractivity contribution >= 4 is 23.1 Å². The normalized spacial score (nSPS) is 12.2. The Hall–Kier alpha value is -1.10. The Kier molecular flexibility index (Phi) is 4.73. The van der Waals surface area contributed by atoms with Crippen LogP contribution in [0.5, 0.6) is 5.75 Å². The molecule has 0 heterocycles. The van der Waals surface area contributed by atoms with E-state index in [1.807, 2.05) is 13.2 Å². The maximum atomic E-state index is 13.6. The predicted octanol–water partition coefficient (Wildman–Crippen LogP) is 2.58. The molecule has 1 atom stereocenters. The van der Waals surface area contributed by atoms with Crippen molar-refractivity contribution in [1.29, 1.82) is 0 Å². The molecule has 0 aliphatic carbocycles. The zero-order valence-electron chi connectivity index (χ0n) is 9.71. The molecule has 90 valence electrons. The summed E-state index contributed by atoms with van der Waals surface area (Å²) in [7, 11) is 1.51. The molecule has 0 spiro atoms. The summed E-state index contributed by atoms with van der Waals surface area (Å²) < 4.78 is 18.6. The van der Waals surface area contributed by atoms with Crippen molar-refractivity contribution in [2.45, 2.75) is 13.0 Å². The van der Waals surface area contributed by atoms with Gasteiger partial charge in [0.25, 0.3) is 0 Å². The second kappa shape index (κ2) is 5.84. The van der Waals surface area contributed by atoms with E-state index < -0.39 is 0 Å². The Morgan fingerprint density at radius 2 is 2.25 bits per heavy atom. The number of nitrogens with two attached hydrogens (primary N) is 1. The quantitative estimate of drug-likeness (QED) is 0.782. The second-order valence-corrected chi connectivity index (χ2v) is 4.49. The molecule has 0 radical (unpaired) electrons. The van der Waals surface area contributed by atoms with Crippen molar-refractivity contribution < 1.29 is 9.13 Å². The van der Waals surface area contributed by atoms with Crippen molar-refractivity contribution in [3.8, 4) is 5.75 Å². The van der Waals surface area contributed by atoms with E-state index in [4.69, 9.17) is 10.5 Å². The zero-order valence-corrected chi connectivity index (χ0v) is 10.5. The molecule has 0 bridgehead atoms.